The van der Waals surface area contributed by atoms with Gasteiger partial charge in [-0.3, -0.25) is 0 Å². The van der Waals surface area contributed by atoms with E-state index in [1.807, 2.05) is 0 Å². The average Bonchev–Trinajstić information content (AvgIpc) is 2.53. The highest BCUT2D eigenvalue weighted by Gasteiger charge is 2.18. The Morgan fingerprint density at radius 2 is 0.960 bits per heavy atom. The Labute approximate surface area is 163 Å². The van der Waals surface area contributed by atoms with Gasteiger partial charge in [0.2, 0.25) is 0 Å². The van der Waals surface area contributed by atoms with E-state index in [9.17, 15) is 0 Å². The highest BCUT2D eigenvalue weighted by molar-refractivity contribution is 6.17. The van der Waals surface area contributed by atoms with E-state index in [2.05, 4.69) is 77.9 Å². The molecule has 2 aromatic rings. The summed E-state index contributed by atoms with van der Waals surface area (Å²) in [6, 6.07) is 13.4. The third kappa shape index (κ3) is 5.02. The highest BCUT2D eigenvalue weighted by Crippen LogP contribution is 2.29. The maximum Gasteiger partial charge on any atom is 0.0477 e. The van der Waals surface area contributed by atoms with Crippen molar-refractivity contribution in [1.82, 2.24) is 0 Å². The fraction of sp³-hybridized carbons (Fsp3) is 0.478. The van der Waals surface area contributed by atoms with Crippen molar-refractivity contribution in [2.75, 3.05) is 0 Å². The van der Waals surface area contributed by atoms with Gasteiger partial charge in [-0.05, 0) is 50.6 Å². The van der Waals surface area contributed by atoms with Crippen molar-refractivity contribution in [3.05, 3.63) is 69.8 Å². The number of benzene rings is 2. The van der Waals surface area contributed by atoms with E-state index in [1.165, 1.54) is 33.4 Å². The van der Waals surface area contributed by atoms with Gasteiger partial charge in [0.1, 0.15) is 0 Å². The second-order valence-electron chi connectivity index (χ2n) is 8.91. The fourth-order valence-electron chi connectivity index (χ4n) is 2.98. The first kappa shape index (κ1) is 20.3. The molecular formula is C23H30Cl2. The Morgan fingerprint density at radius 1 is 0.600 bits per heavy atom. The van der Waals surface area contributed by atoms with Crippen LogP contribution in [0.25, 0.3) is 0 Å². The molecule has 0 aliphatic rings. The number of rotatable bonds is 4. The minimum absolute atomic E-state index is 0.134. The molecule has 0 nitrogen and oxygen atoms in total. The van der Waals surface area contributed by atoms with Crippen LogP contribution in [-0.4, -0.2) is 0 Å². The summed E-state index contributed by atoms with van der Waals surface area (Å²) in [5.41, 5.74) is 7.93. The number of hydrogen-bond donors (Lipinski definition) is 0. The van der Waals surface area contributed by atoms with Gasteiger partial charge in [0.05, 0.1) is 0 Å². The molecule has 0 radical (unpaired) electrons. The molecule has 0 atom stereocenters. The quantitative estimate of drug-likeness (QED) is 0.489. The first-order chi connectivity index (χ1) is 11.6. The van der Waals surface area contributed by atoms with Gasteiger partial charge >= 0.3 is 0 Å². The van der Waals surface area contributed by atoms with Crippen LogP contribution in [0.4, 0.5) is 0 Å². The molecule has 0 bridgehead atoms. The van der Waals surface area contributed by atoms with E-state index in [-0.39, 0.29) is 10.8 Å². The second-order valence-corrected chi connectivity index (χ2v) is 9.45. The summed E-state index contributed by atoms with van der Waals surface area (Å²) in [7, 11) is 0. The minimum atomic E-state index is 0.134. The van der Waals surface area contributed by atoms with E-state index >= 15 is 0 Å². The standard InChI is InChI=1S/C23H30Cl2/c1-22(2,3)20-9-7-16(18(12-20)14-24)11-17-8-10-21(23(4,5)6)13-19(17)15-25/h7-10,12-13H,11,14-15H2,1-6H3. The SMILES string of the molecule is CC(C)(C)c1ccc(Cc2ccc(C(C)(C)C)cc2CCl)c(CCl)c1. The van der Waals surface area contributed by atoms with Crippen LogP contribution in [0.2, 0.25) is 0 Å². The Hall–Kier alpha value is -0.980. The lowest BCUT2D eigenvalue weighted by molar-refractivity contribution is 0.589. The van der Waals surface area contributed by atoms with Gasteiger partial charge in [-0.15, -0.1) is 23.2 Å². The molecule has 0 amide bonds. The normalized spacial score (nSPS) is 12.5. The molecule has 0 spiro atoms. The van der Waals surface area contributed by atoms with Crippen LogP contribution in [0.1, 0.15) is 74.9 Å². The van der Waals surface area contributed by atoms with Crippen molar-refractivity contribution in [1.29, 1.82) is 0 Å². The largest absolute Gasteiger partial charge is 0.122 e. The zero-order valence-electron chi connectivity index (χ0n) is 16.3. The molecular weight excluding hydrogens is 347 g/mol. The van der Waals surface area contributed by atoms with Crippen molar-refractivity contribution in [3.8, 4) is 0 Å². The van der Waals surface area contributed by atoms with Gasteiger partial charge in [-0.25, -0.2) is 0 Å². The van der Waals surface area contributed by atoms with Gasteiger partial charge in [-0.2, -0.15) is 0 Å². The molecule has 0 aliphatic carbocycles. The first-order valence-corrected chi connectivity index (χ1v) is 9.99. The predicted octanol–water partition coefficient (Wildman–Crippen LogP) is 7.35. The summed E-state index contributed by atoms with van der Waals surface area (Å²) >= 11 is 12.5. The van der Waals surface area contributed by atoms with Gasteiger partial charge in [0, 0.05) is 11.8 Å². The molecule has 0 N–H and O–H groups in total. The lowest BCUT2D eigenvalue weighted by atomic mass is 9.83. The zero-order chi connectivity index (χ0) is 18.8. The summed E-state index contributed by atoms with van der Waals surface area (Å²) in [5, 5.41) is 0. The molecule has 25 heavy (non-hydrogen) atoms. The van der Waals surface area contributed by atoms with Gasteiger partial charge in [0.25, 0.3) is 0 Å². The maximum absolute atomic E-state index is 6.25. The molecule has 2 aromatic carbocycles. The van der Waals surface area contributed by atoms with E-state index in [0.29, 0.717) is 11.8 Å². The van der Waals surface area contributed by atoms with Crippen LogP contribution in [0, 0.1) is 0 Å². The molecule has 0 saturated carbocycles. The molecule has 0 heterocycles. The van der Waals surface area contributed by atoms with Crippen molar-refractivity contribution in [2.24, 2.45) is 0 Å². The average molecular weight is 377 g/mol. The summed E-state index contributed by atoms with van der Waals surface area (Å²) in [5.74, 6) is 1.07. The summed E-state index contributed by atoms with van der Waals surface area (Å²) in [6.45, 7) is 13.4. The van der Waals surface area contributed by atoms with Crippen molar-refractivity contribution in [3.63, 3.8) is 0 Å². The van der Waals surface area contributed by atoms with Gasteiger partial charge in [-0.1, -0.05) is 77.9 Å². The van der Waals surface area contributed by atoms with Crippen molar-refractivity contribution in [2.45, 2.75) is 70.6 Å². The summed E-state index contributed by atoms with van der Waals surface area (Å²) in [6.07, 6.45) is 0.874. The predicted molar refractivity (Wildman–Crippen MR) is 112 cm³/mol. The van der Waals surface area contributed by atoms with Gasteiger partial charge < -0.3 is 0 Å². The van der Waals surface area contributed by atoms with Gasteiger partial charge in [0.15, 0.2) is 0 Å². The number of alkyl halides is 2. The Bertz CT molecular complexity index is 667. The first-order valence-electron chi connectivity index (χ1n) is 8.92. The molecule has 0 aromatic heterocycles. The molecule has 0 aliphatic heterocycles. The van der Waals surface area contributed by atoms with E-state index in [1.54, 1.807) is 0 Å². The lowest BCUT2D eigenvalue weighted by Crippen LogP contribution is -2.13. The molecule has 0 unspecified atom stereocenters. The minimum Gasteiger partial charge on any atom is -0.122 e. The summed E-state index contributed by atoms with van der Waals surface area (Å²) in [4.78, 5) is 0. The Kier molecular flexibility index (Phi) is 6.28. The van der Waals surface area contributed by atoms with Crippen LogP contribution >= 0.6 is 23.2 Å². The zero-order valence-corrected chi connectivity index (χ0v) is 17.9. The van der Waals surface area contributed by atoms with Crippen LogP contribution < -0.4 is 0 Å². The topological polar surface area (TPSA) is 0 Å². The Balaban J connectivity index is 2.39. The maximum atomic E-state index is 6.25. The van der Waals surface area contributed by atoms with E-state index < -0.39 is 0 Å². The van der Waals surface area contributed by atoms with Crippen LogP contribution in [0.5, 0.6) is 0 Å². The van der Waals surface area contributed by atoms with Crippen molar-refractivity contribution >= 4 is 23.2 Å². The molecule has 2 rings (SSSR count). The molecule has 2 heteroatoms. The van der Waals surface area contributed by atoms with Crippen LogP contribution in [-0.2, 0) is 29.0 Å². The number of hydrogen-bond acceptors (Lipinski definition) is 0. The van der Waals surface area contributed by atoms with E-state index in [4.69, 9.17) is 23.2 Å². The van der Waals surface area contributed by atoms with Crippen molar-refractivity contribution < 1.29 is 0 Å². The second kappa shape index (κ2) is 7.72. The highest BCUT2D eigenvalue weighted by atomic mass is 35.5. The third-order valence-corrected chi connectivity index (χ3v) is 5.39. The molecule has 0 fully saturated rings. The van der Waals surface area contributed by atoms with Crippen LogP contribution in [0.15, 0.2) is 36.4 Å². The third-order valence-electron chi connectivity index (χ3n) is 4.81. The monoisotopic (exact) mass is 376 g/mol. The summed E-state index contributed by atoms with van der Waals surface area (Å²) < 4.78 is 0. The van der Waals surface area contributed by atoms with Crippen LogP contribution in [0.3, 0.4) is 0 Å². The number of halogens is 2. The fourth-order valence-corrected chi connectivity index (χ4v) is 3.48. The molecule has 0 saturated heterocycles. The lowest BCUT2D eigenvalue weighted by Gasteiger charge is -2.22. The molecule has 136 valence electrons. The van der Waals surface area contributed by atoms with E-state index in [0.717, 1.165) is 6.42 Å². The Morgan fingerprint density at radius 3 is 1.24 bits per heavy atom. The smallest absolute Gasteiger partial charge is 0.0477 e.